The minimum absolute atomic E-state index is 0.214. The smallest absolute Gasteiger partial charge is 0.409 e. The third-order valence-corrected chi connectivity index (χ3v) is 3.84. The summed E-state index contributed by atoms with van der Waals surface area (Å²) in [6, 6.07) is 0. The van der Waals surface area contributed by atoms with E-state index in [1.54, 1.807) is 4.90 Å². The van der Waals surface area contributed by atoms with Crippen molar-refractivity contribution in [3.05, 3.63) is 5.69 Å². The second-order valence-corrected chi connectivity index (χ2v) is 5.01. The summed E-state index contributed by atoms with van der Waals surface area (Å²) in [7, 11) is 1.87. The Morgan fingerprint density at radius 2 is 2.16 bits per heavy atom. The monoisotopic (exact) mass is 285 g/mol. The largest absolute Gasteiger partial charge is 0.450 e. The van der Waals surface area contributed by atoms with E-state index in [0.717, 1.165) is 30.3 Å². The molecule has 19 heavy (non-hydrogen) atoms. The average Bonchev–Trinajstić information content (AvgIpc) is 2.87. The Bertz CT molecular complexity index is 417. The van der Waals surface area contributed by atoms with Gasteiger partial charge in [-0.2, -0.15) is 0 Å². The molecule has 7 nitrogen and oxygen atoms in total. The highest BCUT2D eigenvalue weighted by atomic mass is 32.1. The molecule has 0 bridgehead atoms. The van der Waals surface area contributed by atoms with Crippen LogP contribution in [0.3, 0.4) is 0 Å². The molecule has 106 valence electrons. The molecular formula is C11H19N5O2S. The molecule has 1 aromatic rings. The van der Waals surface area contributed by atoms with Crippen LogP contribution in [-0.4, -0.2) is 65.3 Å². The molecule has 2 rings (SSSR count). The number of carbonyl (C=O) groups excluding carboxylic acids is 1. The zero-order chi connectivity index (χ0) is 13.7. The normalized spacial score (nSPS) is 16.4. The van der Waals surface area contributed by atoms with Gasteiger partial charge in [0.25, 0.3) is 0 Å². The van der Waals surface area contributed by atoms with Crippen LogP contribution in [0.5, 0.6) is 0 Å². The summed E-state index contributed by atoms with van der Waals surface area (Å²) in [5.41, 5.74) is 0.970. The summed E-state index contributed by atoms with van der Waals surface area (Å²) in [6.07, 6.45) is -0.214. The molecule has 0 atom stereocenters. The molecule has 1 saturated heterocycles. The van der Waals surface area contributed by atoms with E-state index in [1.807, 2.05) is 14.0 Å². The molecule has 0 spiro atoms. The quantitative estimate of drug-likeness (QED) is 0.884. The first-order valence-corrected chi connectivity index (χ1v) is 7.15. The minimum Gasteiger partial charge on any atom is -0.450 e. The van der Waals surface area contributed by atoms with Crippen molar-refractivity contribution in [3.8, 4) is 0 Å². The average molecular weight is 285 g/mol. The molecule has 2 heterocycles. The van der Waals surface area contributed by atoms with Gasteiger partial charge in [0, 0.05) is 51.3 Å². The van der Waals surface area contributed by atoms with Crippen LogP contribution in [0.25, 0.3) is 0 Å². The van der Waals surface area contributed by atoms with Crippen molar-refractivity contribution in [2.24, 2.45) is 0 Å². The number of nitrogens with one attached hydrogen (secondary N) is 1. The number of hydrogen-bond acceptors (Lipinski definition) is 7. The van der Waals surface area contributed by atoms with E-state index in [0.29, 0.717) is 19.7 Å². The first kappa shape index (κ1) is 14.0. The number of hydrogen-bond donors (Lipinski definition) is 1. The number of nitrogens with zero attached hydrogens (tertiary/aromatic N) is 4. The molecule has 1 aliphatic heterocycles. The Morgan fingerprint density at radius 3 is 2.79 bits per heavy atom. The van der Waals surface area contributed by atoms with Crippen LogP contribution in [0.2, 0.25) is 0 Å². The number of carbonyl (C=O) groups is 1. The van der Waals surface area contributed by atoms with Gasteiger partial charge < -0.3 is 15.0 Å². The predicted molar refractivity (Wildman–Crippen MR) is 73.3 cm³/mol. The van der Waals surface area contributed by atoms with E-state index in [-0.39, 0.29) is 6.09 Å². The van der Waals surface area contributed by atoms with Gasteiger partial charge in [-0.05, 0) is 6.92 Å². The van der Waals surface area contributed by atoms with Crippen LogP contribution < -0.4 is 5.32 Å². The Hall–Kier alpha value is -1.41. The van der Waals surface area contributed by atoms with E-state index < -0.39 is 0 Å². The van der Waals surface area contributed by atoms with Gasteiger partial charge >= 0.3 is 6.09 Å². The minimum atomic E-state index is -0.214. The van der Waals surface area contributed by atoms with E-state index in [4.69, 9.17) is 4.74 Å². The van der Waals surface area contributed by atoms with Gasteiger partial charge in [-0.15, -0.1) is 5.10 Å². The molecule has 1 N–H and O–H groups in total. The fourth-order valence-corrected chi connectivity index (χ4v) is 2.54. The molecule has 0 aliphatic carbocycles. The lowest BCUT2D eigenvalue weighted by atomic mass is 10.3. The maximum absolute atomic E-state index is 11.6. The van der Waals surface area contributed by atoms with Gasteiger partial charge in [-0.3, -0.25) is 4.90 Å². The highest BCUT2D eigenvalue weighted by molar-refractivity contribution is 7.10. The molecule has 1 aliphatic rings. The van der Waals surface area contributed by atoms with Crippen molar-refractivity contribution < 1.29 is 9.53 Å². The SMILES string of the molecule is CCOC(=O)N1CCN(Cc2nnsc2NC)CC1. The Kier molecular flexibility index (Phi) is 4.92. The fourth-order valence-electron chi connectivity index (χ4n) is 2.02. The maximum Gasteiger partial charge on any atom is 0.409 e. The van der Waals surface area contributed by atoms with E-state index in [2.05, 4.69) is 19.8 Å². The lowest BCUT2D eigenvalue weighted by molar-refractivity contribution is 0.0775. The lowest BCUT2D eigenvalue weighted by Crippen LogP contribution is -2.48. The number of amides is 1. The second-order valence-electron chi connectivity index (χ2n) is 4.26. The van der Waals surface area contributed by atoms with Gasteiger partial charge in [-0.1, -0.05) is 4.49 Å². The van der Waals surface area contributed by atoms with Crippen molar-refractivity contribution in [1.82, 2.24) is 19.4 Å². The molecule has 0 radical (unpaired) electrons. The van der Waals surface area contributed by atoms with Crippen LogP contribution in [0.15, 0.2) is 0 Å². The van der Waals surface area contributed by atoms with E-state index in [9.17, 15) is 4.79 Å². The van der Waals surface area contributed by atoms with Crippen molar-refractivity contribution >= 4 is 22.6 Å². The number of ether oxygens (including phenoxy) is 1. The topological polar surface area (TPSA) is 70.6 Å². The van der Waals surface area contributed by atoms with Crippen LogP contribution in [0, 0.1) is 0 Å². The van der Waals surface area contributed by atoms with E-state index in [1.165, 1.54) is 11.5 Å². The zero-order valence-corrected chi connectivity index (χ0v) is 12.1. The Morgan fingerprint density at radius 1 is 1.42 bits per heavy atom. The molecular weight excluding hydrogens is 266 g/mol. The second kappa shape index (κ2) is 6.67. The Labute approximate surface area is 116 Å². The lowest BCUT2D eigenvalue weighted by Gasteiger charge is -2.33. The van der Waals surface area contributed by atoms with Gasteiger partial charge in [0.05, 0.1) is 6.61 Å². The van der Waals surface area contributed by atoms with Crippen LogP contribution in [-0.2, 0) is 11.3 Å². The van der Waals surface area contributed by atoms with Crippen molar-refractivity contribution in [2.75, 3.05) is 45.2 Å². The first-order valence-electron chi connectivity index (χ1n) is 6.37. The standard InChI is InChI=1S/C11H19N5O2S/c1-3-18-11(17)16-6-4-15(5-7-16)8-9-10(12-2)19-14-13-9/h12H,3-8H2,1-2H3. The summed E-state index contributed by atoms with van der Waals surface area (Å²) in [5, 5.41) is 8.22. The predicted octanol–water partition coefficient (Wildman–Crippen LogP) is 0.854. The maximum atomic E-state index is 11.6. The molecule has 1 fully saturated rings. The molecule has 1 aromatic heterocycles. The van der Waals surface area contributed by atoms with Crippen molar-refractivity contribution in [3.63, 3.8) is 0 Å². The van der Waals surface area contributed by atoms with Crippen LogP contribution in [0.4, 0.5) is 9.80 Å². The van der Waals surface area contributed by atoms with Crippen molar-refractivity contribution in [1.29, 1.82) is 0 Å². The molecule has 1 amide bonds. The number of aromatic nitrogens is 2. The summed E-state index contributed by atoms with van der Waals surface area (Å²) < 4.78 is 8.94. The van der Waals surface area contributed by atoms with Gasteiger partial charge in [0.1, 0.15) is 10.7 Å². The third kappa shape index (κ3) is 3.54. The summed E-state index contributed by atoms with van der Waals surface area (Å²) in [4.78, 5) is 15.6. The van der Waals surface area contributed by atoms with Gasteiger partial charge in [0.15, 0.2) is 0 Å². The summed E-state index contributed by atoms with van der Waals surface area (Å²) in [5.74, 6) is 0. The summed E-state index contributed by atoms with van der Waals surface area (Å²) in [6.45, 7) is 6.08. The first-order chi connectivity index (χ1) is 9.24. The zero-order valence-electron chi connectivity index (χ0n) is 11.3. The summed E-state index contributed by atoms with van der Waals surface area (Å²) >= 11 is 1.37. The van der Waals surface area contributed by atoms with E-state index >= 15 is 0 Å². The Balaban J connectivity index is 1.82. The molecule has 0 saturated carbocycles. The number of anilines is 1. The highest BCUT2D eigenvalue weighted by Gasteiger charge is 2.23. The third-order valence-electron chi connectivity index (χ3n) is 3.05. The number of rotatable bonds is 4. The van der Waals surface area contributed by atoms with Crippen LogP contribution >= 0.6 is 11.5 Å². The van der Waals surface area contributed by atoms with Gasteiger partial charge in [0.2, 0.25) is 0 Å². The van der Waals surface area contributed by atoms with Gasteiger partial charge in [-0.25, -0.2) is 4.79 Å². The van der Waals surface area contributed by atoms with Crippen LogP contribution in [0.1, 0.15) is 12.6 Å². The fraction of sp³-hybridized carbons (Fsp3) is 0.727. The highest BCUT2D eigenvalue weighted by Crippen LogP contribution is 2.19. The molecule has 8 heteroatoms. The number of piperazine rings is 1. The molecule has 0 unspecified atom stereocenters. The van der Waals surface area contributed by atoms with Crippen molar-refractivity contribution in [2.45, 2.75) is 13.5 Å². The molecule has 0 aromatic carbocycles.